The number of halogens is 1. The Hall–Kier alpha value is -0.980. The predicted molar refractivity (Wildman–Crippen MR) is 105 cm³/mol. The molecule has 0 saturated carbocycles. The van der Waals surface area contributed by atoms with Gasteiger partial charge in [-0.2, -0.15) is 0 Å². The minimum atomic E-state index is 0. The molecule has 1 rings (SSSR count). The van der Waals surface area contributed by atoms with Crippen molar-refractivity contribution in [2.24, 2.45) is 4.99 Å². The van der Waals surface area contributed by atoms with Crippen LogP contribution in [0.15, 0.2) is 29.3 Å². The van der Waals surface area contributed by atoms with E-state index in [-0.39, 0.29) is 30.1 Å². The summed E-state index contributed by atoms with van der Waals surface area (Å²) in [5.74, 6) is 1.77. The molecule has 0 radical (unpaired) electrons. The maximum atomic E-state index is 5.64. The Morgan fingerprint density at radius 3 is 2.27 bits per heavy atom. The van der Waals surface area contributed by atoms with Crippen LogP contribution in [0.25, 0.3) is 0 Å². The summed E-state index contributed by atoms with van der Waals surface area (Å²) < 4.78 is 5.64. The quantitative estimate of drug-likeness (QED) is 0.400. The van der Waals surface area contributed by atoms with E-state index in [1.54, 1.807) is 0 Å². The molecule has 4 nitrogen and oxygen atoms in total. The van der Waals surface area contributed by atoms with Crippen molar-refractivity contribution in [3.05, 3.63) is 29.8 Å². The van der Waals surface area contributed by atoms with Gasteiger partial charge in [-0.05, 0) is 51.8 Å². The maximum Gasteiger partial charge on any atom is 0.191 e. The van der Waals surface area contributed by atoms with Gasteiger partial charge >= 0.3 is 0 Å². The van der Waals surface area contributed by atoms with E-state index in [1.807, 2.05) is 26.0 Å². The highest BCUT2D eigenvalue weighted by molar-refractivity contribution is 14.0. The molecule has 1 atom stereocenters. The van der Waals surface area contributed by atoms with Crippen LogP contribution in [0.3, 0.4) is 0 Å². The highest BCUT2D eigenvalue weighted by atomic mass is 127. The highest BCUT2D eigenvalue weighted by Crippen LogP contribution is 2.14. The SMILES string of the molecule is CCNC(=NCc1ccc(OC(C)C)cc1)NC(C)CC.I. The van der Waals surface area contributed by atoms with Gasteiger partial charge in [0.25, 0.3) is 0 Å². The molecule has 2 N–H and O–H groups in total. The van der Waals surface area contributed by atoms with E-state index in [0.29, 0.717) is 12.6 Å². The monoisotopic (exact) mass is 419 g/mol. The van der Waals surface area contributed by atoms with Crippen molar-refractivity contribution < 1.29 is 4.74 Å². The second-order valence-electron chi connectivity index (χ2n) is 5.46. The largest absolute Gasteiger partial charge is 0.491 e. The molecule has 126 valence electrons. The van der Waals surface area contributed by atoms with Crippen molar-refractivity contribution in [2.75, 3.05) is 6.54 Å². The second kappa shape index (κ2) is 11.6. The van der Waals surface area contributed by atoms with Crippen LogP contribution in [0.1, 0.15) is 46.6 Å². The Morgan fingerprint density at radius 1 is 1.14 bits per heavy atom. The van der Waals surface area contributed by atoms with E-state index in [1.165, 1.54) is 5.56 Å². The topological polar surface area (TPSA) is 45.7 Å². The number of guanidine groups is 1. The number of aliphatic imine (C=N–C) groups is 1. The molecule has 0 bridgehead atoms. The Balaban J connectivity index is 0.00000441. The zero-order valence-electron chi connectivity index (χ0n) is 14.3. The molecule has 1 aromatic carbocycles. The van der Waals surface area contributed by atoms with Gasteiger partial charge in [0.2, 0.25) is 0 Å². The average Bonchev–Trinajstić information content (AvgIpc) is 2.45. The first-order valence-electron chi connectivity index (χ1n) is 7.85. The molecule has 0 heterocycles. The number of benzene rings is 1. The van der Waals surface area contributed by atoms with Crippen molar-refractivity contribution in [3.8, 4) is 5.75 Å². The van der Waals surface area contributed by atoms with E-state index in [9.17, 15) is 0 Å². The summed E-state index contributed by atoms with van der Waals surface area (Å²) in [4.78, 5) is 4.62. The fourth-order valence-electron chi connectivity index (χ4n) is 1.77. The van der Waals surface area contributed by atoms with Crippen LogP contribution in [0.2, 0.25) is 0 Å². The molecule has 0 aliphatic heterocycles. The Labute approximate surface area is 152 Å². The van der Waals surface area contributed by atoms with Gasteiger partial charge < -0.3 is 15.4 Å². The smallest absolute Gasteiger partial charge is 0.191 e. The lowest BCUT2D eigenvalue weighted by atomic mass is 10.2. The third-order valence-electron chi connectivity index (χ3n) is 3.05. The molecular weight excluding hydrogens is 389 g/mol. The van der Waals surface area contributed by atoms with Gasteiger partial charge in [0, 0.05) is 12.6 Å². The number of nitrogens with one attached hydrogen (secondary N) is 2. The van der Waals surface area contributed by atoms with Crippen LogP contribution >= 0.6 is 24.0 Å². The first-order chi connectivity index (χ1) is 10.0. The van der Waals surface area contributed by atoms with Gasteiger partial charge in [-0.15, -0.1) is 24.0 Å². The first kappa shape index (κ1) is 21.0. The summed E-state index contributed by atoms with van der Waals surface area (Å²) in [5.41, 5.74) is 1.17. The zero-order valence-corrected chi connectivity index (χ0v) is 16.7. The van der Waals surface area contributed by atoms with Crippen LogP contribution in [0.5, 0.6) is 5.75 Å². The lowest BCUT2D eigenvalue weighted by molar-refractivity contribution is 0.242. The number of hydrogen-bond acceptors (Lipinski definition) is 2. The minimum absolute atomic E-state index is 0. The third kappa shape index (κ3) is 8.46. The summed E-state index contributed by atoms with van der Waals surface area (Å²) in [6, 6.07) is 8.55. The second-order valence-corrected chi connectivity index (χ2v) is 5.46. The molecule has 0 spiro atoms. The zero-order chi connectivity index (χ0) is 15.7. The van der Waals surface area contributed by atoms with E-state index in [4.69, 9.17) is 4.74 Å². The van der Waals surface area contributed by atoms with Crippen molar-refractivity contribution in [1.82, 2.24) is 10.6 Å². The molecule has 0 fully saturated rings. The number of rotatable bonds is 7. The van der Waals surface area contributed by atoms with Gasteiger partial charge in [-0.25, -0.2) is 4.99 Å². The standard InChI is InChI=1S/C17H29N3O.HI/c1-6-14(5)20-17(18-7-2)19-12-15-8-10-16(11-9-15)21-13(3)4;/h8-11,13-14H,6-7,12H2,1-5H3,(H2,18,19,20);1H. The highest BCUT2D eigenvalue weighted by Gasteiger charge is 2.03. The van der Waals surface area contributed by atoms with Crippen LogP contribution < -0.4 is 15.4 Å². The van der Waals surface area contributed by atoms with Crippen LogP contribution in [-0.2, 0) is 6.54 Å². The van der Waals surface area contributed by atoms with Gasteiger partial charge in [0.1, 0.15) is 5.75 Å². The molecule has 0 aromatic heterocycles. The van der Waals surface area contributed by atoms with Crippen LogP contribution in [0.4, 0.5) is 0 Å². The molecule has 0 amide bonds. The van der Waals surface area contributed by atoms with Crippen LogP contribution in [-0.4, -0.2) is 24.7 Å². The lowest BCUT2D eigenvalue weighted by Crippen LogP contribution is -2.41. The number of nitrogens with zero attached hydrogens (tertiary/aromatic N) is 1. The Bertz CT molecular complexity index is 432. The molecule has 1 aromatic rings. The maximum absolute atomic E-state index is 5.64. The summed E-state index contributed by atoms with van der Waals surface area (Å²) in [7, 11) is 0. The third-order valence-corrected chi connectivity index (χ3v) is 3.05. The van der Waals surface area contributed by atoms with Gasteiger partial charge in [0.15, 0.2) is 5.96 Å². The van der Waals surface area contributed by atoms with Crippen molar-refractivity contribution in [1.29, 1.82) is 0 Å². The summed E-state index contributed by atoms with van der Waals surface area (Å²) in [6.45, 7) is 12.0. The normalized spacial score (nSPS) is 12.5. The number of hydrogen-bond donors (Lipinski definition) is 2. The summed E-state index contributed by atoms with van der Waals surface area (Å²) in [5, 5.41) is 6.66. The molecule has 1 unspecified atom stereocenters. The Morgan fingerprint density at radius 2 is 1.77 bits per heavy atom. The fourth-order valence-corrected chi connectivity index (χ4v) is 1.77. The molecule has 0 aliphatic rings. The summed E-state index contributed by atoms with van der Waals surface area (Å²) >= 11 is 0. The molecule has 22 heavy (non-hydrogen) atoms. The summed E-state index contributed by atoms with van der Waals surface area (Å²) in [6.07, 6.45) is 1.28. The van der Waals surface area contributed by atoms with E-state index >= 15 is 0 Å². The van der Waals surface area contributed by atoms with Gasteiger partial charge in [0.05, 0.1) is 12.6 Å². The van der Waals surface area contributed by atoms with Crippen molar-refractivity contribution >= 4 is 29.9 Å². The molecule has 0 aliphatic carbocycles. The molecule has 5 heteroatoms. The average molecular weight is 419 g/mol. The van der Waals surface area contributed by atoms with Crippen molar-refractivity contribution in [2.45, 2.75) is 59.7 Å². The van der Waals surface area contributed by atoms with Gasteiger partial charge in [-0.1, -0.05) is 19.1 Å². The fraction of sp³-hybridized carbons (Fsp3) is 0.588. The first-order valence-corrected chi connectivity index (χ1v) is 7.85. The molecule has 0 saturated heterocycles. The van der Waals surface area contributed by atoms with E-state index < -0.39 is 0 Å². The number of ether oxygens (including phenoxy) is 1. The van der Waals surface area contributed by atoms with E-state index in [0.717, 1.165) is 24.7 Å². The van der Waals surface area contributed by atoms with Gasteiger partial charge in [-0.3, -0.25) is 0 Å². The predicted octanol–water partition coefficient (Wildman–Crippen LogP) is 3.95. The minimum Gasteiger partial charge on any atom is -0.491 e. The lowest BCUT2D eigenvalue weighted by Gasteiger charge is -2.16. The van der Waals surface area contributed by atoms with Crippen molar-refractivity contribution in [3.63, 3.8) is 0 Å². The van der Waals surface area contributed by atoms with E-state index in [2.05, 4.69) is 48.5 Å². The Kier molecular flexibility index (Phi) is 11.1. The van der Waals surface area contributed by atoms with Crippen LogP contribution in [0, 0.1) is 0 Å². The molecular formula is C17H30IN3O.